The third-order valence-electron chi connectivity index (χ3n) is 6.65. The summed E-state index contributed by atoms with van der Waals surface area (Å²) >= 11 is 0. The summed E-state index contributed by atoms with van der Waals surface area (Å²) in [7, 11) is 1.60. The average Bonchev–Trinajstić information content (AvgIpc) is 3.37. The number of hydrogen-bond acceptors (Lipinski definition) is 6. The number of unbranched alkanes of at least 4 members (excludes halogenated alkanes) is 2. The zero-order chi connectivity index (χ0) is 25.7. The van der Waals surface area contributed by atoms with Gasteiger partial charge in [0.2, 0.25) is 0 Å². The number of nitrogens with zero attached hydrogens (tertiary/aromatic N) is 1. The molecule has 1 N–H and O–H groups in total. The zero-order valence-electron chi connectivity index (χ0n) is 21.3. The minimum atomic E-state index is -0.718. The van der Waals surface area contributed by atoms with Gasteiger partial charge in [0.25, 0.3) is 11.7 Å². The van der Waals surface area contributed by atoms with Gasteiger partial charge in [0.1, 0.15) is 23.4 Å². The van der Waals surface area contributed by atoms with Crippen molar-refractivity contribution in [1.82, 2.24) is 4.90 Å². The van der Waals surface area contributed by atoms with Crippen LogP contribution < -0.4 is 9.47 Å². The molecule has 1 fully saturated rings. The molecule has 7 heteroatoms. The highest BCUT2D eigenvalue weighted by molar-refractivity contribution is 6.46. The summed E-state index contributed by atoms with van der Waals surface area (Å²) < 4.78 is 16.9. The maximum absolute atomic E-state index is 13.3. The molecule has 2 heterocycles. The quantitative estimate of drug-likeness (QED) is 0.204. The molecule has 0 unspecified atom stereocenters. The highest BCUT2D eigenvalue weighted by atomic mass is 16.5. The number of ketones is 1. The molecular formula is C29H35NO6. The first-order valence-corrected chi connectivity index (χ1v) is 12.7. The lowest BCUT2D eigenvalue weighted by Crippen LogP contribution is -2.31. The fourth-order valence-electron chi connectivity index (χ4n) is 4.88. The van der Waals surface area contributed by atoms with Crippen molar-refractivity contribution < 1.29 is 28.9 Å². The second-order valence-corrected chi connectivity index (χ2v) is 9.42. The van der Waals surface area contributed by atoms with Crippen LogP contribution in [0.5, 0.6) is 11.5 Å². The normalized spacial score (nSPS) is 20.5. The van der Waals surface area contributed by atoms with Gasteiger partial charge in [-0.05, 0) is 61.2 Å². The van der Waals surface area contributed by atoms with Gasteiger partial charge in [0.05, 0.1) is 18.2 Å². The minimum Gasteiger partial charge on any atom is -0.507 e. The van der Waals surface area contributed by atoms with Gasteiger partial charge in [-0.15, -0.1) is 0 Å². The molecular weight excluding hydrogens is 458 g/mol. The van der Waals surface area contributed by atoms with Crippen LogP contribution in [-0.4, -0.2) is 54.7 Å². The van der Waals surface area contributed by atoms with Gasteiger partial charge in [-0.25, -0.2) is 0 Å². The van der Waals surface area contributed by atoms with Crippen LogP contribution in [0.1, 0.15) is 62.3 Å². The lowest BCUT2D eigenvalue weighted by Gasteiger charge is -2.25. The lowest BCUT2D eigenvalue weighted by molar-refractivity contribution is -0.140. The molecule has 0 radical (unpaired) electrons. The molecule has 0 spiro atoms. The van der Waals surface area contributed by atoms with E-state index in [0.29, 0.717) is 37.5 Å². The molecule has 0 bridgehead atoms. The van der Waals surface area contributed by atoms with Crippen molar-refractivity contribution in [3.8, 4) is 11.5 Å². The molecule has 2 atom stereocenters. The predicted molar refractivity (Wildman–Crippen MR) is 137 cm³/mol. The van der Waals surface area contributed by atoms with E-state index in [-0.39, 0.29) is 17.4 Å². The Balaban J connectivity index is 1.72. The maximum atomic E-state index is 13.3. The highest BCUT2D eigenvalue weighted by Gasteiger charge is 2.46. The second kappa shape index (κ2) is 11.6. The molecule has 0 aliphatic carbocycles. The number of aliphatic hydroxyl groups excluding tert-OH is 1. The monoisotopic (exact) mass is 493 g/mol. The summed E-state index contributed by atoms with van der Waals surface area (Å²) in [6.45, 7) is 5.52. The first-order valence-electron chi connectivity index (χ1n) is 12.7. The molecule has 2 aliphatic heterocycles. The molecule has 2 aromatic carbocycles. The first kappa shape index (κ1) is 25.8. The third kappa shape index (κ3) is 5.41. The number of carbonyl (C=O) groups excluding carboxylic acids is 2. The van der Waals surface area contributed by atoms with E-state index in [1.165, 1.54) is 4.90 Å². The van der Waals surface area contributed by atoms with Gasteiger partial charge < -0.3 is 24.2 Å². The second-order valence-electron chi connectivity index (χ2n) is 9.42. The SMILES string of the molecule is CCCCCOc1cccc([C@H]2C(=C(O)c3ccc4c(c3)C[C@@H](C)O4)C(=O)C(=O)N2CCCOC)c1. The van der Waals surface area contributed by atoms with Crippen molar-refractivity contribution in [2.24, 2.45) is 0 Å². The largest absolute Gasteiger partial charge is 0.507 e. The Labute approximate surface area is 212 Å². The van der Waals surface area contributed by atoms with E-state index < -0.39 is 17.7 Å². The Bertz CT molecular complexity index is 1140. The Morgan fingerprint density at radius 3 is 2.72 bits per heavy atom. The van der Waals surface area contributed by atoms with E-state index in [1.807, 2.05) is 43.3 Å². The summed E-state index contributed by atoms with van der Waals surface area (Å²) in [6.07, 6.45) is 4.50. The number of amides is 1. The van der Waals surface area contributed by atoms with E-state index in [0.717, 1.165) is 42.6 Å². The molecule has 4 rings (SSSR count). The number of rotatable bonds is 11. The smallest absolute Gasteiger partial charge is 0.295 e. The molecule has 7 nitrogen and oxygen atoms in total. The van der Waals surface area contributed by atoms with Gasteiger partial charge in [0.15, 0.2) is 0 Å². The van der Waals surface area contributed by atoms with Crippen molar-refractivity contribution in [2.45, 2.75) is 58.1 Å². The van der Waals surface area contributed by atoms with Crippen LogP contribution >= 0.6 is 0 Å². The number of fused-ring (bicyclic) bond motifs is 1. The van der Waals surface area contributed by atoms with Crippen molar-refractivity contribution in [3.05, 3.63) is 64.7 Å². The fourth-order valence-corrected chi connectivity index (χ4v) is 4.88. The maximum Gasteiger partial charge on any atom is 0.295 e. The summed E-state index contributed by atoms with van der Waals surface area (Å²) in [5.74, 6) is -0.0261. The van der Waals surface area contributed by atoms with Crippen molar-refractivity contribution in [1.29, 1.82) is 0 Å². The Morgan fingerprint density at radius 1 is 1.11 bits per heavy atom. The molecule has 2 aliphatic rings. The predicted octanol–water partition coefficient (Wildman–Crippen LogP) is 5.04. The number of aliphatic hydroxyl groups is 1. The summed E-state index contributed by atoms with van der Waals surface area (Å²) in [4.78, 5) is 27.9. The topological polar surface area (TPSA) is 85.3 Å². The van der Waals surface area contributed by atoms with Crippen LogP contribution in [-0.2, 0) is 20.7 Å². The van der Waals surface area contributed by atoms with E-state index in [2.05, 4.69) is 6.92 Å². The van der Waals surface area contributed by atoms with Crippen molar-refractivity contribution in [2.75, 3.05) is 26.9 Å². The van der Waals surface area contributed by atoms with E-state index in [9.17, 15) is 14.7 Å². The summed E-state index contributed by atoms with van der Waals surface area (Å²) in [6, 6.07) is 12.1. The van der Waals surface area contributed by atoms with Crippen LogP contribution in [0.2, 0.25) is 0 Å². The molecule has 36 heavy (non-hydrogen) atoms. The van der Waals surface area contributed by atoms with Crippen molar-refractivity contribution >= 4 is 17.4 Å². The van der Waals surface area contributed by atoms with Gasteiger partial charge in [-0.1, -0.05) is 31.9 Å². The Kier molecular flexibility index (Phi) is 8.31. The van der Waals surface area contributed by atoms with E-state index in [1.54, 1.807) is 13.2 Å². The van der Waals surface area contributed by atoms with E-state index in [4.69, 9.17) is 14.2 Å². The number of likely N-dealkylation sites (tertiary alicyclic amines) is 1. The number of carbonyl (C=O) groups is 2. The number of ether oxygens (including phenoxy) is 3. The average molecular weight is 494 g/mol. The fraction of sp³-hybridized carbons (Fsp3) is 0.448. The zero-order valence-corrected chi connectivity index (χ0v) is 21.3. The molecule has 0 saturated carbocycles. The molecule has 2 aromatic rings. The first-order chi connectivity index (χ1) is 17.4. The van der Waals surface area contributed by atoms with Gasteiger partial charge in [-0.3, -0.25) is 9.59 Å². The minimum absolute atomic E-state index is 0.0591. The third-order valence-corrected chi connectivity index (χ3v) is 6.65. The molecule has 1 saturated heterocycles. The van der Waals surface area contributed by atoms with Crippen LogP contribution in [0, 0.1) is 0 Å². The van der Waals surface area contributed by atoms with E-state index >= 15 is 0 Å². The number of methoxy groups -OCH3 is 1. The van der Waals surface area contributed by atoms with Gasteiger partial charge in [0, 0.05) is 32.2 Å². The Hall–Kier alpha value is -3.32. The summed E-state index contributed by atoms with van der Waals surface area (Å²) in [5.41, 5.74) is 2.28. The molecule has 0 aromatic heterocycles. The number of benzene rings is 2. The van der Waals surface area contributed by atoms with Crippen LogP contribution in [0.3, 0.4) is 0 Å². The van der Waals surface area contributed by atoms with Crippen LogP contribution in [0.4, 0.5) is 0 Å². The Morgan fingerprint density at radius 2 is 1.94 bits per heavy atom. The van der Waals surface area contributed by atoms with Gasteiger partial charge >= 0.3 is 0 Å². The van der Waals surface area contributed by atoms with Crippen molar-refractivity contribution in [3.63, 3.8) is 0 Å². The molecule has 1 amide bonds. The standard InChI is InChI=1S/C29H35NO6/c1-4-5-6-15-35-23-10-7-9-20(18-23)26-25(28(32)29(33)30(26)13-8-14-34-3)27(31)21-11-12-24-22(17-21)16-19(2)36-24/h7,9-12,17-19,26,31H,4-6,8,13-16H2,1-3H3/t19-,26+/m1/s1. The molecule has 192 valence electrons. The number of Topliss-reactive ketones (excluding diaryl/α,β-unsaturated/α-hetero) is 1. The van der Waals surface area contributed by atoms with Gasteiger partial charge in [-0.2, -0.15) is 0 Å². The number of hydrogen-bond donors (Lipinski definition) is 1. The van der Waals surface area contributed by atoms with Crippen LogP contribution in [0.25, 0.3) is 5.76 Å². The lowest BCUT2D eigenvalue weighted by atomic mass is 9.94. The highest BCUT2D eigenvalue weighted by Crippen LogP contribution is 2.41. The van der Waals surface area contributed by atoms with Crippen LogP contribution in [0.15, 0.2) is 48.0 Å². The summed E-state index contributed by atoms with van der Waals surface area (Å²) in [5, 5.41) is 11.4.